The molecule has 2 unspecified atom stereocenters. The smallest absolute Gasteiger partial charge is 0.338 e. The first kappa shape index (κ1) is 26.8. The number of Topliss-reactive ketones (excluding diaryl/α,β-unsaturated/α-hetero) is 1. The summed E-state index contributed by atoms with van der Waals surface area (Å²) in [5.41, 5.74) is 4.88. The van der Waals surface area contributed by atoms with Gasteiger partial charge in [0, 0.05) is 12.2 Å². The van der Waals surface area contributed by atoms with Crippen LogP contribution in [0, 0.1) is 0 Å². The first-order valence-corrected chi connectivity index (χ1v) is 13.1. The third kappa shape index (κ3) is 5.95. The molecule has 4 aromatic carbocycles. The van der Waals surface area contributed by atoms with E-state index in [9.17, 15) is 14.4 Å². The molecule has 0 aromatic heterocycles. The minimum absolute atomic E-state index is 0.0861. The van der Waals surface area contributed by atoms with Crippen LogP contribution in [-0.4, -0.2) is 31.4 Å². The summed E-state index contributed by atoms with van der Waals surface area (Å²) in [7, 11) is 1.31. The second-order valence-corrected chi connectivity index (χ2v) is 9.59. The van der Waals surface area contributed by atoms with E-state index >= 15 is 0 Å². The number of ketones is 1. The van der Waals surface area contributed by atoms with Crippen molar-refractivity contribution < 1.29 is 23.9 Å². The van der Waals surface area contributed by atoms with Crippen molar-refractivity contribution in [3.63, 3.8) is 0 Å². The van der Waals surface area contributed by atoms with Crippen molar-refractivity contribution in [2.45, 2.75) is 25.1 Å². The van der Waals surface area contributed by atoms with Crippen LogP contribution in [0.25, 0.3) is 0 Å². The third-order valence-corrected chi connectivity index (χ3v) is 6.98. The lowest BCUT2D eigenvalue weighted by atomic mass is 9.77. The summed E-state index contributed by atoms with van der Waals surface area (Å²) >= 11 is 0. The van der Waals surface area contributed by atoms with Gasteiger partial charge < -0.3 is 20.1 Å². The molecule has 1 aliphatic rings. The van der Waals surface area contributed by atoms with Gasteiger partial charge in [-0.05, 0) is 34.4 Å². The number of anilines is 1. The zero-order chi connectivity index (χ0) is 27.9. The lowest BCUT2D eigenvalue weighted by molar-refractivity contribution is -0.143. The molecule has 0 aliphatic carbocycles. The maximum absolute atomic E-state index is 14.0. The monoisotopic (exact) mass is 534 g/mol. The molecular weight excluding hydrogens is 504 g/mol. The number of hydrogen-bond donors (Lipinski definition) is 2. The molecule has 202 valence electrons. The van der Waals surface area contributed by atoms with Crippen molar-refractivity contribution in [2.75, 3.05) is 19.0 Å². The minimum Gasteiger partial charge on any atom is -0.465 e. The quantitative estimate of drug-likeness (QED) is 0.276. The summed E-state index contributed by atoms with van der Waals surface area (Å²) in [6, 6.07) is 31.9. The predicted octanol–water partition coefficient (Wildman–Crippen LogP) is 5.44. The number of rotatable bonds is 9. The fourth-order valence-corrected chi connectivity index (χ4v) is 5.00. The van der Waals surface area contributed by atoms with Crippen LogP contribution in [0.15, 0.2) is 103 Å². The van der Waals surface area contributed by atoms with Gasteiger partial charge >= 0.3 is 11.9 Å². The Labute approximate surface area is 233 Å². The number of benzene rings is 4. The van der Waals surface area contributed by atoms with E-state index < -0.39 is 11.9 Å². The largest absolute Gasteiger partial charge is 0.465 e. The molecule has 0 amide bonds. The van der Waals surface area contributed by atoms with E-state index in [-0.39, 0.29) is 36.5 Å². The molecule has 0 spiro atoms. The van der Waals surface area contributed by atoms with Crippen LogP contribution in [0.2, 0.25) is 0 Å². The highest BCUT2D eigenvalue weighted by atomic mass is 16.5. The summed E-state index contributed by atoms with van der Waals surface area (Å²) < 4.78 is 10.3. The minimum atomic E-state index is -0.560. The zero-order valence-electron chi connectivity index (χ0n) is 22.1. The number of nitrogens with one attached hydrogen (secondary N) is 2. The van der Waals surface area contributed by atoms with E-state index in [4.69, 9.17) is 9.47 Å². The summed E-state index contributed by atoms with van der Waals surface area (Å²) in [5.74, 6) is -1.58. The number of fused-ring (bicyclic) bond motifs is 1. The van der Waals surface area contributed by atoms with Crippen LogP contribution in [0.5, 0.6) is 0 Å². The molecule has 7 nitrogen and oxygen atoms in total. The van der Waals surface area contributed by atoms with E-state index in [1.54, 1.807) is 12.1 Å². The zero-order valence-corrected chi connectivity index (χ0v) is 22.1. The molecule has 0 saturated carbocycles. The average molecular weight is 535 g/mol. The van der Waals surface area contributed by atoms with E-state index in [0.717, 1.165) is 22.3 Å². The maximum Gasteiger partial charge on any atom is 0.338 e. The molecule has 1 aliphatic heterocycles. The predicted molar refractivity (Wildman–Crippen MR) is 152 cm³/mol. The molecule has 7 heteroatoms. The summed E-state index contributed by atoms with van der Waals surface area (Å²) in [6.45, 7) is 0.792. The van der Waals surface area contributed by atoms with Crippen LogP contribution in [0.1, 0.15) is 54.9 Å². The normalized spacial score (nSPS) is 16.0. The van der Waals surface area contributed by atoms with Crippen LogP contribution in [-0.2, 0) is 27.4 Å². The van der Waals surface area contributed by atoms with Gasteiger partial charge in [0.15, 0.2) is 5.78 Å². The fraction of sp³-hybridized carbons (Fsp3) is 0.182. The maximum atomic E-state index is 14.0. The highest BCUT2D eigenvalue weighted by Gasteiger charge is 2.39. The van der Waals surface area contributed by atoms with Gasteiger partial charge in [-0.2, -0.15) is 0 Å². The molecule has 2 N–H and O–H groups in total. The number of ether oxygens (including phenoxy) is 2. The Bertz CT molecular complexity index is 1490. The number of carbonyl (C=O) groups is 3. The number of methoxy groups -OCH3 is 1. The van der Waals surface area contributed by atoms with Crippen molar-refractivity contribution in [1.29, 1.82) is 0 Å². The second-order valence-electron chi connectivity index (χ2n) is 9.59. The van der Waals surface area contributed by atoms with Crippen LogP contribution >= 0.6 is 0 Å². The molecule has 0 fully saturated rings. The first-order valence-electron chi connectivity index (χ1n) is 13.1. The molecule has 0 radical (unpaired) electrons. The Kier molecular flexibility index (Phi) is 8.32. The van der Waals surface area contributed by atoms with Crippen LogP contribution in [0.4, 0.5) is 5.69 Å². The Balaban J connectivity index is 1.31. The van der Waals surface area contributed by atoms with Gasteiger partial charge in [0.2, 0.25) is 0 Å². The second kappa shape index (κ2) is 12.4. The van der Waals surface area contributed by atoms with Gasteiger partial charge in [-0.15, -0.1) is 0 Å². The summed E-state index contributed by atoms with van der Waals surface area (Å²) in [4.78, 5) is 38.6. The van der Waals surface area contributed by atoms with Gasteiger partial charge in [0.05, 0.1) is 36.7 Å². The SMILES string of the molecule is COC(=O)c1cccc2c1C(=O)C(c1ccc(CNCC(=O)OCc3ccccc3)cc1)C(c1ccccc1)N2. The van der Waals surface area contributed by atoms with Gasteiger partial charge in [0.1, 0.15) is 6.61 Å². The van der Waals surface area contributed by atoms with E-state index in [0.29, 0.717) is 17.8 Å². The van der Waals surface area contributed by atoms with Crippen molar-refractivity contribution >= 4 is 23.4 Å². The third-order valence-electron chi connectivity index (χ3n) is 6.98. The van der Waals surface area contributed by atoms with E-state index in [1.807, 2.05) is 91.0 Å². The number of esters is 2. The molecular formula is C33H30N2O5. The molecule has 40 heavy (non-hydrogen) atoms. The van der Waals surface area contributed by atoms with Crippen molar-refractivity contribution in [3.8, 4) is 0 Å². The fourth-order valence-electron chi connectivity index (χ4n) is 5.00. The summed E-state index contributed by atoms with van der Waals surface area (Å²) in [5, 5.41) is 6.62. The molecule has 4 aromatic rings. The van der Waals surface area contributed by atoms with Gasteiger partial charge in [-0.3, -0.25) is 9.59 Å². The van der Waals surface area contributed by atoms with Crippen molar-refractivity contribution in [1.82, 2.24) is 5.32 Å². The lowest BCUT2D eigenvalue weighted by Crippen LogP contribution is -2.33. The van der Waals surface area contributed by atoms with Gasteiger partial charge in [0.25, 0.3) is 0 Å². The molecule has 1 heterocycles. The standard InChI is InChI=1S/C33H30N2O5/c1-39-33(38)26-13-8-14-27-30(26)32(37)29(31(35-27)25-11-6-3-7-12-25)24-17-15-22(16-18-24)19-34-20-28(36)40-21-23-9-4-2-5-10-23/h2-18,29,31,34-35H,19-21H2,1H3. The Morgan fingerprint density at radius 1 is 0.800 bits per heavy atom. The first-order chi connectivity index (χ1) is 19.5. The topological polar surface area (TPSA) is 93.7 Å². The highest BCUT2D eigenvalue weighted by Crippen LogP contribution is 2.43. The lowest BCUT2D eigenvalue weighted by Gasteiger charge is -2.35. The van der Waals surface area contributed by atoms with E-state index in [1.165, 1.54) is 7.11 Å². The Morgan fingerprint density at radius 2 is 1.50 bits per heavy atom. The summed E-state index contributed by atoms with van der Waals surface area (Å²) in [6.07, 6.45) is 0. The van der Waals surface area contributed by atoms with E-state index in [2.05, 4.69) is 10.6 Å². The molecule has 2 atom stereocenters. The molecule has 0 bridgehead atoms. The molecule has 0 saturated heterocycles. The average Bonchev–Trinajstić information content (AvgIpc) is 3.00. The van der Waals surface area contributed by atoms with Gasteiger partial charge in [-0.25, -0.2) is 4.79 Å². The highest BCUT2D eigenvalue weighted by molar-refractivity contribution is 6.14. The van der Waals surface area contributed by atoms with Gasteiger partial charge in [-0.1, -0.05) is 91.0 Å². The number of carbonyl (C=O) groups excluding carboxylic acids is 3. The van der Waals surface area contributed by atoms with Crippen LogP contribution in [0.3, 0.4) is 0 Å². The number of hydrogen-bond acceptors (Lipinski definition) is 7. The van der Waals surface area contributed by atoms with Crippen molar-refractivity contribution in [2.24, 2.45) is 0 Å². The van der Waals surface area contributed by atoms with Crippen molar-refractivity contribution in [3.05, 3.63) is 137 Å². The molecule has 5 rings (SSSR count). The Hall–Kier alpha value is -4.75. The van der Waals surface area contributed by atoms with Crippen LogP contribution < -0.4 is 10.6 Å². The Morgan fingerprint density at radius 3 is 2.20 bits per heavy atom.